The van der Waals surface area contributed by atoms with Crippen LogP contribution in [0.3, 0.4) is 0 Å². The minimum atomic E-state index is -1.55. The molecule has 0 radical (unpaired) electrons. The van der Waals surface area contributed by atoms with Gasteiger partial charge in [0.05, 0.1) is 10.6 Å². The third-order valence-electron chi connectivity index (χ3n) is 2.47. The normalized spacial score (nSPS) is 10.2. The van der Waals surface area contributed by atoms with Crippen molar-refractivity contribution in [3.05, 3.63) is 58.1 Å². The number of hydrogen-bond donors (Lipinski definition) is 1. The third kappa shape index (κ3) is 2.53. The zero-order valence-electron chi connectivity index (χ0n) is 9.65. The first-order valence-electron chi connectivity index (χ1n) is 5.23. The van der Waals surface area contributed by atoms with Gasteiger partial charge in [-0.05, 0) is 18.2 Å². The summed E-state index contributed by atoms with van der Waals surface area (Å²) in [6, 6.07) is 5.72. The lowest BCUT2D eigenvalue weighted by molar-refractivity contribution is 0.459. The molecule has 0 aliphatic rings. The van der Waals surface area contributed by atoms with Crippen LogP contribution in [0.15, 0.2) is 24.3 Å². The monoisotopic (exact) mass is 300 g/mol. The lowest BCUT2D eigenvalue weighted by Crippen LogP contribution is -2.03. The molecule has 2 rings (SSSR count). The van der Waals surface area contributed by atoms with E-state index in [1.54, 1.807) is 6.07 Å². The summed E-state index contributed by atoms with van der Waals surface area (Å²) in [5, 5.41) is 10.9. The van der Waals surface area contributed by atoms with Gasteiger partial charge in [0, 0.05) is 11.8 Å². The van der Waals surface area contributed by atoms with Crippen LogP contribution in [0.1, 0.15) is 5.56 Å². The van der Waals surface area contributed by atoms with E-state index in [4.69, 9.17) is 16.9 Å². The number of benzene rings is 2. The predicted molar refractivity (Wildman–Crippen MR) is 65.7 cm³/mol. The first-order valence-corrected chi connectivity index (χ1v) is 5.61. The third-order valence-corrected chi connectivity index (χ3v) is 2.78. The maximum absolute atomic E-state index is 13.4. The Morgan fingerprint density at radius 2 is 1.60 bits per heavy atom. The number of hydrogen-bond acceptors (Lipinski definition) is 2. The Balaban J connectivity index is 2.45. The fourth-order valence-electron chi connectivity index (χ4n) is 1.51. The predicted octanol–water partition coefficient (Wildman–Crippen LogP) is 4.51. The van der Waals surface area contributed by atoms with E-state index in [1.807, 2.05) is 0 Å². The molecule has 2 nitrogen and oxygen atoms in total. The number of anilines is 2. The fraction of sp³-hybridized carbons (Fsp3) is 0. The van der Waals surface area contributed by atoms with Gasteiger partial charge in [-0.3, -0.25) is 0 Å². The maximum atomic E-state index is 13.4. The number of nitrogens with zero attached hydrogens (tertiary/aromatic N) is 1. The topological polar surface area (TPSA) is 35.8 Å². The van der Waals surface area contributed by atoms with E-state index >= 15 is 0 Å². The van der Waals surface area contributed by atoms with Crippen molar-refractivity contribution in [1.29, 1.82) is 5.26 Å². The molecule has 0 aliphatic heterocycles. The summed E-state index contributed by atoms with van der Waals surface area (Å²) in [6.45, 7) is 0. The Kier molecular flexibility index (Phi) is 3.81. The number of nitrogens with one attached hydrogen (secondary N) is 1. The minimum Gasteiger partial charge on any atom is -0.351 e. The molecule has 0 unspecified atom stereocenters. The van der Waals surface area contributed by atoms with Crippen LogP contribution in [-0.4, -0.2) is 0 Å². The lowest BCUT2D eigenvalue weighted by Gasteiger charge is -2.10. The van der Waals surface area contributed by atoms with Crippen molar-refractivity contribution in [2.45, 2.75) is 0 Å². The van der Waals surface area contributed by atoms with E-state index in [1.165, 1.54) is 18.2 Å². The molecule has 2 aromatic rings. The Hall–Kier alpha value is -2.26. The second-order valence-electron chi connectivity index (χ2n) is 3.77. The Morgan fingerprint density at radius 1 is 1.00 bits per heavy atom. The van der Waals surface area contributed by atoms with Crippen molar-refractivity contribution in [1.82, 2.24) is 0 Å². The number of rotatable bonds is 2. The summed E-state index contributed by atoms with van der Waals surface area (Å²) >= 11 is 5.74. The molecule has 0 spiro atoms. The van der Waals surface area contributed by atoms with Gasteiger partial charge >= 0.3 is 0 Å². The van der Waals surface area contributed by atoms with Gasteiger partial charge in [0.15, 0.2) is 23.3 Å². The Morgan fingerprint density at radius 3 is 2.10 bits per heavy atom. The molecule has 0 saturated carbocycles. The van der Waals surface area contributed by atoms with Crippen LogP contribution in [0.2, 0.25) is 5.02 Å². The molecule has 2 aromatic carbocycles. The summed E-state index contributed by atoms with van der Waals surface area (Å²) < 4.78 is 52.9. The van der Waals surface area contributed by atoms with Crippen molar-refractivity contribution in [3.63, 3.8) is 0 Å². The quantitative estimate of drug-likeness (QED) is 0.654. The van der Waals surface area contributed by atoms with Crippen LogP contribution in [0.25, 0.3) is 0 Å². The van der Waals surface area contributed by atoms with Gasteiger partial charge in [0.25, 0.3) is 0 Å². The molecule has 0 fully saturated rings. The van der Waals surface area contributed by atoms with Crippen LogP contribution < -0.4 is 5.32 Å². The molecule has 0 amide bonds. The molecule has 0 bridgehead atoms. The van der Waals surface area contributed by atoms with Crippen molar-refractivity contribution < 1.29 is 17.6 Å². The first kappa shape index (κ1) is 14.2. The molecule has 0 atom stereocenters. The van der Waals surface area contributed by atoms with Crippen LogP contribution in [0, 0.1) is 34.6 Å². The van der Waals surface area contributed by atoms with Gasteiger partial charge < -0.3 is 5.32 Å². The molecule has 20 heavy (non-hydrogen) atoms. The molecule has 102 valence electrons. The Bertz CT molecular complexity index is 699. The molecule has 7 heteroatoms. The molecule has 0 heterocycles. The van der Waals surface area contributed by atoms with E-state index < -0.39 is 29.0 Å². The fourth-order valence-corrected chi connectivity index (χ4v) is 1.73. The zero-order chi connectivity index (χ0) is 14.9. The highest BCUT2D eigenvalue weighted by atomic mass is 35.5. The van der Waals surface area contributed by atoms with Gasteiger partial charge in [-0.25, -0.2) is 17.6 Å². The summed E-state index contributed by atoms with van der Waals surface area (Å²) in [7, 11) is 0. The summed E-state index contributed by atoms with van der Waals surface area (Å²) in [4.78, 5) is 0. The smallest absolute Gasteiger partial charge is 0.185 e. The van der Waals surface area contributed by atoms with Crippen LogP contribution in [0.4, 0.5) is 28.9 Å². The van der Waals surface area contributed by atoms with Crippen LogP contribution in [-0.2, 0) is 0 Å². The maximum Gasteiger partial charge on any atom is 0.185 e. The lowest BCUT2D eigenvalue weighted by atomic mass is 10.2. The molecular formula is C13H5ClF4N2. The van der Waals surface area contributed by atoms with Gasteiger partial charge in [-0.15, -0.1) is 0 Å². The van der Waals surface area contributed by atoms with E-state index in [-0.39, 0.29) is 22.3 Å². The molecule has 0 aromatic heterocycles. The highest BCUT2D eigenvalue weighted by Gasteiger charge is 2.19. The number of nitriles is 1. The molecular weight excluding hydrogens is 296 g/mol. The zero-order valence-corrected chi connectivity index (χ0v) is 10.4. The summed E-state index contributed by atoms with van der Waals surface area (Å²) in [6.07, 6.45) is 0. The molecule has 1 N–H and O–H groups in total. The summed E-state index contributed by atoms with van der Waals surface area (Å²) in [5.74, 6) is -6.15. The van der Waals surface area contributed by atoms with Crippen LogP contribution >= 0.6 is 11.6 Å². The van der Waals surface area contributed by atoms with Crippen molar-refractivity contribution in [3.8, 4) is 6.07 Å². The van der Waals surface area contributed by atoms with E-state index in [0.717, 1.165) is 0 Å². The van der Waals surface area contributed by atoms with Crippen molar-refractivity contribution in [2.24, 2.45) is 0 Å². The average molecular weight is 301 g/mol. The summed E-state index contributed by atoms with van der Waals surface area (Å²) in [5.41, 5.74) is -0.733. The average Bonchev–Trinajstić information content (AvgIpc) is 2.41. The minimum absolute atomic E-state index is 0.0372. The van der Waals surface area contributed by atoms with Gasteiger partial charge in [0.1, 0.15) is 11.8 Å². The molecule has 0 aliphatic carbocycles. The standard InChI is InChI=1S/C13H5ClF4N2/c14-8-3-7(2-1-6(8)5-19)20-13-11(17)9(15)4-10(16)12(13)18/h1-4,20H. The second-order valence-corrected chi connectivity index (χ2v) is 4.18. The van der Waals surface area contributed by atoms with Crippen molar-refractivity contribution in [2.75, 3.05) is 5.32 Å². The van der Waals surface area contributed by atoms with Crippen LogP contribution in [0.5, 0.6) is 0 Å². The SMILES string of the molecule is N#Cc1ccc(Nc2c(F)c(F)cc(F)c2F)cc1Cl. The van der Waals surface area contributed by atoms with Crippen molar-refractivity contribution >= 4 is 23.0 Å². The first-order chi connectivity index (χ1) is 9.43. The molecule has 0 saturated heterocycles. The second kappa shape index (κ2) is 5.39. The number of halogens is 5. The van der Waals surface area contributed by atoms with E-state index in [9.17, 15) is 17.6 Å². The highest BCUT2D eigenvalue weighted by molar-refractivity contribution is 6.32. The van der Waals surface area contributed by atoms with Gasteiger partial charge in [-0.1, -0.05) is 11.6 Å². The highest BCUT2D eigenvalue weighted by Crippen LogP contribution is 2.29. The Labute approximate surface area is 116 Å². The van der Waals surface area contributed by atoms with E-state index in [0.29, 0.717) is 0 Å². The van der Waals surface area contributed by atoms with E-state index in [2.05, 4.69) is 5.32 Å². The van der Waals surface area contributed by atoms with Gasteiger partial charge in [-0.2, -0.15) is 5.26 Å². The van der Waals surface area contributed by atoms with Gasteiger partial charge in [0.2, 0.25) is 0 Å². The largest absolute Gasteiger partial charge is 0.351 e.